The van der Waals surface area contributed by atoms with Crippen LogP contribution in [0.2, 0.25) is 0 Å². The highest BCUT2D eigenvalue weighted by atomic mass is 14.9. The molecule has 1 aromatic carbocycles. The first-order chi connectivity index (χ1) is 4.33. The Morgan fingerprint density at radius 3 is 2.67 bits per heavy atom. The van der Waals surface area contributed by atoms with Gasteiger partial charge in [0.1, 0.15) is 0 Å². The molecular formula is C7H7N2. The summed E-state index contributed by atoms with van der Waals surface area (Å²) in [6.45, 7) is 1.95. The molecule has 0 bridgehead atoms. The van der Waals surface area contributed by atoms with Gasteiger partial charge in [0.2, 0.25) is 0 Å². The van der Waals surface area contributed by atoms with E-state index in [0.29, 0.717) is 5.69 Å². The van der Waals surface area contributed by atoms with Crippen molar-refractivity contribution in [2.45, 2.75) is 6.92 Å². The smallest absolute Gasteiger partial charge is 0.0878 e. The summed E-state index contributed by atoms with van der Waals surface area (Å²) < 4.78 is 0. The van der Waals surface area contributed by atoms with Gasteiger partial charge in [0, 0.05) is 0 Å². The molecule has 0 N–H and O–H groups in total. The van der Waals surface area contributed by atoms with E-state index in [9.17, 15) is 0 Å². The number of aryl methyl sites for hydroxylation is 1. The molecule has 2 nitrogen and oxygen atoms in total. The molecule has 0 aliphatic heterocycles. The molecule has 0 saturated carbocycles. The molecule has 0 heterocycles. The molecule has 0 aliphatic rings. The van der Waals surface area contributed by atoms with Crippen LogP contribution in [0.1, 0.15) is 5.56 Å². The first kappa shape index (κ1) is 5.95. The Morgan fingerprint density at radius 2 is 2.22 bits per heavy atom. The van der Waals surface area contributed by atoms with Crippen LogP contribution in [0.3, 0.4) is 0 Å². The third-order valence-electron chi connectivity index (χ3n) is 1.12. The molecule has 1 radical (unpaired) electrons. The van der Waals surface area contributed by atoms with Gasteiger partial charge in [-0.1, -0.05) is 12.1 Å². The Balaban J connectivity index is 3.07. The second kappa shape index (κ2) is 2.40. The van der Waals surface area contributed by atoms with Gasteiger partial charge in [0.25, 0.3) is 0 Å². The number of benzene rings is 1. The highest BCUT2D eigenvalue weighted by Crippen LogP contribution is 2.10. The van der Waals surface area contributed by atoms with Crippen molar-refractivity contribution in [1.29, 1.82) is 0 Å². The first-order valence-corrected chi connectivity index (χ1v) is 2.74. The summed E-state index contributed by atoms with van der Waals surface area (Å²) in [5, 5.41) is 3.03. The monoisotopic (exact) mass is 119 g/mol. The van der Waals surface area contributed by atoms with Gasteiger partial charge in [0.05, 0.1) is 5.69 Å². The molecule has 0 saturated heterocycles. The summed E-state index contributed by atoms with van der Waals surface area (Å²) in [5.41, 5.74) is 10.00. The lowest BCUT2D eigenvalue weighted by Gasteiger charge is -1.89. The third kappa shape index (κ3) is 1.35. The first-order valence-electron chi connectivity index (χ1n) is 2.74. The van der Waals surface area contributed by atoms with Crippen LogP contribution in [0.15, 0.2) is 29.4 Å². The SMILES string of the molecule is Cc1cccc(N=[N])c1. The summed E-state index contributed by atoms with van der Waals surface area (Å²) in [5.74, 6) is 0. The van der Waals surface area contributed by atoms with Crippen LogP contribution in [0.4, 0.5) is 5.69 Å². The highest BCUT2D eigenvalue weighted by Gasteiger charge is 1.86. The van der Waals surface area contributed by atoms with Gasteiger partial charge in [0.15, 0.2) is 0 Å². The van der Waals surface area contributed by atoms with Crippen LogP contribution < -0.4 is 5.53 Å². The fraction of sp³-hybridized carbons (Fsp3) is 0.143. The normalized spacial score (nSPS) is 9.00. The minimum atomic E-state index is 0.606. The zero-order valence-corrected chi connectivity index (χ0v) is 5.20. The van der Waals surface area contributed by atoms with Crippen LogP contribution in [0.5, 0.6) is 0 Å². The van der Waals surface area contributed by atoms with Crippen LogP contribution in [0.25, 0.3) is 0 Å². The number of nitrogens with zero attached hydrogens (tertiary/aromatic N) is 2. The Bertz CT molecular complexity index is 218. The van der Waals surface area contributed by atoms with Gasteiger partial charge in [-0.3, -0.25) is 0 Å². The van der Waals surface area contributed by atoms with E-state index in [1.807, 2.05) is 19.1 Å². The zero-order valence-electron chi connectivity index (χ0n) is 5.20. The van der Waals surface area contributed by atoms with Crippen LogP contribution in [-0.4, -0.2) is 0 Å². The molecule has 1 aromatic rings. The molecule has 2 heteroatoms. The number of rotatable bonds is 1. The van der Waals surface area contributed by atoms with Crippen molar-refractivity contribution in [3.63, 3.8) is 0 Å². The second-order valence-corrected chi connectivity index (χ2v) is 1.94. The Labute approximate surface area is 54.0 Å². The Kier molecular flexibility index (Phi) is 1.58. The van der Waals surface area contributed by atoms with Crippen molar-refractivity contribution >= 4 is 5.69 Å². The van der Waals surface area contributed by atoms with Gasteiger partial charge in [-0.05, 0) is 30.2 Å². The van der Waals surface area contributed by atoms with Gasteiger partial charge in [-0.2, -0.15) is 0 Å². The summed E-state index contributed by atoms with van der Waals surface area (Å²) in [6, 6.07) is 7.35. The van der Waals surface area contributed by atoms with Crippen molar-refractivity contribution in [3.8, 4) is 0 Å². The van der Waals surface area contributed by atoms with E-state index in [-0.39, 0.29) is 0 Å². The summed E-state index contributed by atoms with van der Waals surface area (Å²) in [7, 11) is 0. The van der Waals surface area contributed by atoms with Gasteiger partial charge in [-0.15, -0.1) is 5.11 Å². The summed E-state index contributed by atoms with van der Waals surface area (Å²) >= 11 is 0. The largest absolute Gasteiger partial charge is 0.129 e. The molecular weight excluding hydrogens is 112 g/mol. The lowest BCUT2D eigenvalue weighted by molar-refractivity contribution is 1.29. The predicted molar refractivity (Wildman–Crippen MR) is 35.4 cm³/mol. The minimum absolute atomic E-state index is 0.606. The number of hydrogen-bond donors (Lipinski definition) is 0. The molecule has 0 aromatic heterocycles. The molecule has 0 unspecified atom stereocenters. The summed E-state index contributed by atoms with van der Waals surface area (Å²) in [4.78, 5) is 0. The zero-order chi connectivity index (χ0) is 6.69. The van der Waals surface area contributed by atoms with Gasteiger partial charge < -0.3 is 0 Å². The Hall–Kier alpha value is -1.18. The lowest BCUT2D eigenvalue weighted by Crippen LogP contribution is -1.67. The summed E-state index contributed by atoms with van der Waals surface area (Å²) in [6.07, 6.45) is 0. The second-order valence-electron chi connectivity index (χ2n) is 1.94. The predicted octanol–water partition coefficient (Wildman–Crippen LogP) is 1.88. The maximum atomic E-state index is 8.29. The van der Waals surface area contributed by atoms with Crippen molar-refractivity contribution < 1.29 is 0 Å². The average molecular weight is 119 g/mol. The maximum Gasteiger partial charge on any atom is 0.0878 e. The van der Waals surface area contributed by atoms with Crippen molar-refractivity contribution in [3.05, 3.63) is 29.8 Å². The molecule has 0 spiro atoms. The van der Waals surface area contributed by atoms with E-state index in [2.05, 4.69) is 5.11 Å². The van der Waals surface area contributed by atoms with Crippen molar-refractivity contribution in [2.75, 3.05) is 0 Å². The number of hydrogen-bond acceptors (Lipinski definition) is 1. The minimum Gasteiger partial charge on any atom is -0.129 e. The van der Waals surface area contributed by atoms with Crippen molar-refractivity contribution in [1.82, 2.24) is 5.53 Å². The van der Waals surface area contributed by atoms with E-state index >= 15 is 0 Å². The fourth-order valence-electron chi connectivity index (χ4n) is 0.690. The molecule has 9 heavy (non-hydrogen) atoms. The van der Waals surface area contributed by atoms with E-state index in [1.54, 1.807) is 12.1 Å². The molecule has 0 fully saturated rings. The van der Waals surface area contributed by atoms with Crippen LogP contribution in [0, 0.1) is 6.92 Å². The topological polar surface area (TPSA) is 34.7 Å². The molecule has 0 aliphatic carbocycles. The van der Waals surface area contributed by atoms with E-state index < -0.39 is 0 Å². The lowest BCUT2D eigenvalue weighted by atomic mass is 10.2. The molecule has 45 valence electrons. The van der Waals surface area contributed by atoms with Crippen molar-refractivity contribution in [2.24, 2.45) is 5.11 Å². The van der Waals surface area contributed by atoms with Crippen LogP contribution in [-0.2, 0) is 0 Å². The van der Waals surface area contributed by atoms with E-state index in [4.69, 9.17) is 5.53 Å². The van der Waals surface area contributed by atoms with Gasteiger partial charge >= 0.3 is 0 Å². The molecule has 0 amide bonds. The van der Waals surface area contributed by atoms with E-state index in [1.165, 1.54) is 0 Å². The van der Waals surface area contributed by atoms with Crippen LogP contribution >= 0.6 is 0 Å². The average Bonchev–Trinajstić information content (AvgIpc) is 1.88. The Morgan fingerprint density at radius 1 is 1.44 bits per heavy atom. The maximum absolute atomic E-state index is 8.29. The van der Waals surface area contributed by atoms with Gasteiger partial charge in [-0.25, -0.2) is 0 Å². The fourth-order valence-corrected chi connectivity index (χ4v) is 0.690. The standard InChI is InChI=1S/C7H7N2/c1-6-3-2-4-7(5-6)9-8/h2-5H,1H3. The quantitative estimate of drug-likeness (QED) is 0.506. The third-order valence-corrected chi connectivity index (χ3v) is 1.12. The van der Waals surface area contributed by atoms with E-state index in [0.717, 1.165) is 5.56 Å². The highest BCUT2D eigenvalue weighted by molar-refractivity contribution is 5.38. The molecule has 0 atom stereocenters. The molecule has 1 rings (SSSR count).